The van der Waals surface area contributed by atoms with Gasteiger partial charge in [-0.15, -0.1) is 0 Å². The number of carbonyl (C=O) groups is 1. The van der Waals surface area contributed by atoms with E-state index in [1.807, 2.05) is 0 Å². The number of hydrogen-bond acceptors (Lipinski definition) is 2. The van der Waals surface area contributed by atoms with Crippen molar-refractivity contribution < 1.29 is 14.3 Å². The Labute approximate surface area is 132 Å². The molecule has 2 nitrogen and oxygen atoms in total. The zero-order valence-electron chi connectivity index (χ0n) is 13.6. The fraction of sp³-hybridized carbons (Fsp3) is 0.842. The van der Waals surface area contributed by atoms with Gasteiger partial charge in [0.05, 0.1) is 6.10 Å². The van der Waals surface area contributed by atoms with Crippen LogP contribution in [0.1, 0.15) is 58.8 Å². The van der Waals surface area contributed by atoms with E-state index in [4.69, 9.17) is 0 Å². The lowest BCUT2D eigenvalue weighted by Gasteiger charge is -2.58. The van der Waals surface area contributed by atoms with Gasteiger partial charge in [0.2, 0.25) is 0 Å². The van der Waals surface area contributed by atoms with Crippen molar-refractivity contribution in [1.82, 2.24) is 0 Å². The molecular weight excluding hydrogens is 279 g/mol. The van der Waals surface area contributed by atoms with Gasteiger partial charge in [-0.25, -0.2) is 4.39 Å². The van der Waals surface area contributed by atoms with Crippen LogP contribution in [0.25, 0.3) is 0 Å². The SMILES string of the molecule is C[C@@]12CC[C@@H]3[C@H](C[C@@H](F)C4=CC(=O)CC[C@]43C)[C@H]1CC[C@H]2O. The summed E-state index contributed by atoms with van der Waals surface area (Å²) in [6.07, 6.45) is 6.43. The van der Waals surface area contributed by atoms with Crippen LogP contribution < -0.4 is 0 Å². The number of carbonyl (C=O) groups excluding carboxylic acids is 1. The number of fused-ring (bicyclic) bond motifs is 5. The zero-order valence-corrected chi connectivity index (χ0v) is 13.6. The second-order valence-electron chi connectivity index (χ2n) is 8.70. The molecule has 0 saturated heterocycles. The molecule has 0 heterocycles. The highest BCUT2D eigenvalue weighted by Crippen LogP contribution is 2.65. The molecule has 0 aliphatic heterocycles. The third kappa shape index (κ3) is 1.78. The average molecular weight is 306 g/mol. The third-order valence-corrected chi connectivity index (χ3v) is 7.89. The largest absolute Gasteiger partial charge is 0.393 e. The number of alkyl halides is 1. The minimum atomic E-state index is -0.962. The molecule has 1 N–H and O–H groups in total. The molecule has 0 spiro atoms. The van der Waals surface area contributed by atoms with Gasteiger partial charge < -0.3 is 5.11 Å². The number of allylic oxidation sites excluding steroid dienone is 1. The van der Waals surface area contributed by atoms with Gasteiger partial charge in [-0.3, -0.25) is 4.79 Å². The second kappa shape index (κ2) is 4.66. The van der Waals surface area contributed by atoms with E-state index in [2.05, 4.69) is 13.8 Å². The standard InChI is InChI=1S/C19H27FO2/c1-18-7-5-11(21)9-15(18)16(20)10-12-13-3-4-17(22)19(13,2)8-6-14(12)18/h9,12-14,16-17,22H,3-8,10H2,1-2H3/t12-,13-,14-,16-,17-,18+,19-/m1/s1. The highest BCUT2D eigenvalue weighted by molar-refractivity contribution is 5.91. The molecule has 0 bridgehead atoms. The van der Waals surface area contributed by atoms with Crippen molar-refractivity contribution in [3.8, 4) is 0 Å². The van der Waals surface area contributed by atoms with Crippen molar-refractivity contribution in [3.05, 3.63) is 11.6 Å². The average Bonchev–Trinajstić information content (AvgIpc) is 2.77. The molecule has 0 aromatic carbocycles. The van der Waals surface area contributed by atoms with Crippen molar-refractivity contribution in [2.75, 3.05) is 0 Å². The molecule has 3 saturated carbocycles. The Morgan fingerprint density at radius 1 is 1.18 bits per heavy atom. The van der Waals surface area contributed by atoms with Gasteiger partial charge in [0.1, 0.15) is 6.17 Å². The molecule has 0 radical (unpaired) electrons. The normalized spacial score (nSPS) is 54.3. The maximum Gasteiger partial charge on any atom is 0.155 e. The summed E-state index contributed by atoms with van der Waals surface area (Å²) in [6, 6.07) is 0. The van der Waals surface area contributed by atoms with Crippen LogP contribution >= 0.6 is 0 Å². The summed E-state index contributed by atoms with van der Waals surface area (Å²) in [5, 5.41) is 10.4. The monoisotopic (exact) mass is 306 g/mol. The van der Waals surface area contributed by atoms with Gasteiger partial charge in [0.25, 0.3) is 0 Å². The van der Waals surface area contributed by atoms with Crippen LogP contribution in [0.5, 0.6) is 0 Å². The van der Waals surface area contributed by atoms with E-state index < -0.39 is 6.17 Å². The van der Waals surface area contributed by atoms with Gasteiger partial charge in [0.15, 0.2) is 5.78 Å². The predicted molar refractivity (Wildman–Crippen MR) is 83.0 cm³/mol. The van der Waals surface area contributed by atoms with E-state index in [0.717, 1.165) is 37.7 Å². The van der Waals surface area contributed by atoms with E-state index in [-0.39, 0.29) is 22.7 Å². The molecular formula is C19H27FO2. The summed E-state index contributed by atoms with van der Waals surface area (Å²) in [6.45, 7) is 4.42. The number of hydrogen-bond donors (Lipinski definition) is 1. The maximum absolute atomic E-state index is 14.9. The quantitative estimate of drug-likeness (QED) is 0.738. The summed E-state index contributed by atoms with van der Waals surface area (Å²) in [5.41, 5.74) is 0.640. The van der Waals surface area contributed by atoms with Gasteiger partial charge in [-0.1, -0.05) is 13.8 Å². The van der Waals surface area contributed by atoms with Crippen molar-refractivity contribution in [2.45, 2.75) is 71.1 Å². The summed E-state index contributed by atoms with van der Waals surface area (Å²) in [7, 11) is 0. The van der Waals surface area contributed by atoms with E-state index in [1.54, 1.807) is 6.08 Å². The second-order valence-corrected chi connectivity index (χ2v) is 8.70. The first-order valence-electron chi connectivity index (χ1n) is 8.93. The van der Waals surface area contributed by atoms with Crippen LogP contribution in [-0.2, 0) is 4.79 Å². The lowest BCUT2D eigenvalue weighted by Crippen LogP contribution is -2.53. The van der Waals surface area contributed by atoms with Crippen LogP contribution in [0.2, 0.25) is 0 Å². The zero-order chi connectivity index (χ0) is 15.7. The number of aliphatic hydroxyl groups excluding tert-OH is 1. The Hall–Kier alpha value is -0.700. The number of aliphatic hydroxyl groups is 1. The Morgan fingerprint density at radius 2 is 1.95 bits per heavy atom. The van der Waals surface area contributed by atoms with Crippen LogP contribution in [0.15, 0.2) is 11.6 Å². The lowest BCUT2D eigenvalue weighted by atomic mass is 9.47. The van der Waals surface area contributed by atoms with Crippen molar-refractivity contribution in [2.24, 2.45) is 28.6 Å². The van der Waals surface area contributed by atoms with Gasteiger partial charge in [0, 0.05) is 6.42 Å². The molecule has 0 unspecified atom stereocenters. The van der Waals surface area contributed by atoms with Crippen molar-refractivity contribution in [3.63, 3.8) is 0 Å². The van der Waals surface area contributed by atoms with Crippen molar-refractivity contribution >= 4 is 5.78 Å². The molecule has 3 heteroatoms. The van der Waals surface area contributed by atoms with Crippen LogP contribution in [0.3, 0.4) is 0 Å². The first kappa shape index (κ1) is 14.9. The molecule has 122 valence electrons. The molecule has 4 aliphatic carbocycles. The minimum Gasteiger partial charge on any atom is -0.393 e. The Bertz CT molecular complexity index is 542. The van der Waals surface area contributed by atoms with E-state index in [9.17, 15) is 14.3 Å². The number of ketones is 1. The first-order chi connectivity index (χ1) is 10.4. The van der Waals surface area contributed by atoms with Crippen LogP contribution in [-0.4, -0.2) is 23.2 Å². The van der Waals surface area contributed by atoms with Gasteiger partial charge in [-0.05, 0) is 78.8 Å². The van der Waals surface area contributed by atoms with E-state index >= 15 is 0 Å². The Morgan fingerprint density at radius 3 is 2.73 bits per heavy atom. The molecule has 3 fully saturated rings. The van der Waals surface area contributed by atoms with Crippen molar-refractivity contribution in [1.29, 1.82) is 0 Å². The number of halogens is 1. The fourth-order valence-electron chi connectivity index (χ4n) is 6.53. The minimum absolute atomic E-state index is 0.0110. The Kier molecular flexibility index (Phi) is 3.15. The topological polar surface area (TPSA) is 37.3 Å². The molecule has 0 aromatic rings. The fourth-order valence-corrected chi connectivity index (χ4v) is 6.53. The third-order valence-electron chi connectivity index (χ3n) is 7.89. The Balaban J connectivity index is 1.73. The highest BCUT2D eigenvalue weighted by atomic mass is 19.1. The first-order valence-corrected chi connectivity index (χ1v) is 8.93. The van der Waals surface area contributed by atoms with Gasteiger partial charge >= 0.3 is 0 Å². The molecule has 0 amide bonds. The number of rotatable bonds is 0. The summed E-state index contributed by atoms with van der Waals surface area (Å²) < 4.78 is 14.9. The molecule has 0 aromatic heterocycles. The highest BCUT2D eigenvalue weighted by Gasteiger charge is 2.60. The van der Waals surface area contributed by atoms with Crippen LogP contribution in [0, 0.1) is 28.6 Å². The van der Waals surface area contributed by atoms with Gasteiger partial charge in [-0.2, -0.15) is 0 Å². The summed E-state index contributed by atoms with van der Waals surface area (Å²) >= 11 is 0. The molecule has 22 heavy (non-hydrogen) atoms. The van der Waals surface area contributed by atoms with E-state index in [0.29, 0.717) is 30.6 Å². The lowest BCUT2D eigenvalue weighted by molar-refractivity contribution is -0.119. The summed E-state index contributed by atoms with van der Waals surface area (Å²) in [5.74, 6) is 1.42. The molecule has 7 atom stereocenters. The van der Waals surface area contributed by atoms with Crippen LogP contribution in [0.4, 0.5) is 4.39 Å². The molecule has 4 rings (SSSR count). The maximum atomic E-state index is 14.9. The van der Waals surface area contributed by atoms with E-state index in [1.165, 1.54) is 0 Å². The summed E-state index contributed by atoms with van der Waals surface area (Å²) in [4.78, 5) is 11.8. The predicted octanol–water partition coefficient (Wildman–Crippen LogP) is 3.83. The molecule has 4 aliphatic rings. The smallest absolute Gasteiger partial charge is 0.155 e.